The van der Waals surface area contributed by atoms with Crippen LogP contribution in [0.25, 0.3) is 16.7 Å². The molecule has 5 heteroatoms. The van der Waals surface area contributed by atoms with E-state index in [9.17, 15) is 5.11 Å². The van der Waals surface area contributed by atoms with Crippen LogP contribution in [-0.4, -0.2) is 38.3 Å². The first kappa shape index (κ1) is 15.1. The Morgan fingerprint density at radius 2 is 2.00 bits per heavy atom. The van der Waals surface area contributed by atoms with Crippen LogP contribution in [-0.2, 0) is 6.42 Å². The summed E-state index contributed by atoms with van der Waals surface area (Å²) in [4.78, 5) is 11.3. The average molecular weight is 322 g/mol. The monoisotopic (exact) mass is 322 g/mol. The van der Waals surface area contributed by atoms with Crippen LogP contribution in [0.15, 0.2) is 36.8 Å². The summed E-state index contributed by atoms with van der Waals surface area (Å²) in [5.41, 5.74) is 4.56. The molecule has 2 aromatic heterocycles. The van der Waals surface area contributed by atoms with Gasteiger partial charge < -0.3 is 14.6 Å². The Bertz CT molecular complexity index is 884. The zero-order valence-electron chi connectivity index (χ0n) is 14.3. The Hall–Kier alpha value is -2.40. The third-order valence-corrected chi connectivity index (χ3v) is 4.93. The fourth-order valence-electron chi connectivity index (χ4n) is 3.73. The standard InChI is InChI=1S/C19H22N4O/c1-12-4-6-16(7-5-12)22-9-15-8-13(2)23(14(3)10-24)19-17(15)18(22)20-11-21-19/h4-7,9,11,13-14,24H,8,10H2,1-3H3/t13?,14-/m0/s1. The van der Waals surface area contributed by atoms with Crippen molar-refractivity contribution in [3.63, 3.8) is 0 Å². The molecule has 1 unspecified atom stereocenters. The molecule has 2 atom stereocenters. The van der Waals surface area contributed by atoms with Gasteiger partial charge in [0.25, 0.3) is 0 Å². The SMILES string of the molecule is Cc1ccc(-n2cc3c4c(ncnc42)N([C@@H](C)CO)C(C)C3)cc1. The first-order valence-corrected chi connectivity index (χ1v) is 8.41. The van der Waals surface area contributed by atoms with Gasteiger partial charge in [0.2, 0.25) is 0 Å². The summed E-state index contributed by atoms with van der Waals surface area (Å²) < 4.78 is 2.15. The van der Waals surface area contributed by atoms with Gasteiger partial charge in [-0.1, -0.05) is 17.7 Å². The predicted octanol–water partition coefficient (Wildman–Crippen LogP) is 2.86. The molecule has 0 spiro atoms. The number of hydrogen-bond acceptors (Lipinski definition) is 4. The maximum absolute atomic E-state index is 9.63. The second-order valence-corrected chi connectivity index (χ2v) is 6.75. The summed E-state index contributed by atoms with van der Waals surface area (Å²) in [5, 5.41) is 10.7. The van der Waals surface area contributed by atoms with Gasteiger partial charge in [0.1, 0.15) is 17.8 Å². The minimum atomic E-state index is 0.0361. The van der Waals surface area contributed by atoms with E-state index in [-0.39, 0.29) is 12.6 Å². The molecule has 1 aliphatic rings. The van der Waals surface area contributed by atoms with Crippen molar-refractivity contribution in [1.29, 1.82) is 0 Å². The van der Waals surface area contributed by atoms with Crippen molar-refractivity contribution < 1.29 is 5.11 Å². The number of aromatic nitrogens is 3. The van der Waals surface area contributed by atoms with Crippen LogP contribution in [0.4, 0.5) is 5.82 Å². The van der Waals surface area contributed by atoms with E-state index in [1.807, 2.05) is 6.92 Å². The number of anilines is 1. The van der Waals surface area contributed by atoms with Crippen LogP contribution >= 0.6 is 0 Å². The molecule has 24 heavy (non-hydrogen) atoms. The highest BCUT2D eigenvalue weighted by Crippen LogP contribution is 2.37. The first-order chi connectivity index (χ1) is 11.6. The van der Waals surface area contributed by atoms with Gasteiger partial charge in [0.05, 0.1) is 18.0 Å². The van der Waals surface area contributed by atoms with E-state index >= 15 is 0 Å². The van der Waals surface area contributed by atoms with Gasteiger partial charge in [0.15, 0.2) is 0 Å². The normalized spacial score (nSPS) is 18.2. The summed E-state index contributed by atoms with van der Waals surface area (Å²) in [6.07, 6.45) is 4.74. The summed E-state index contributed by atoms with van der Waals surface area (Å²) in [7, 11) is 0. The van der Waals surface area contributed by atoms with Crippen LogP contribution in [0.3, 0.4) is 0 Å². The first-order valence-electron chi connectivity index (χ1n) is 8.41. The van der Waals surface area contributed by atoms with Gasteiger partial charge >= 0.3 is 0 Å². The maximum atomic E-state index is 9.63. The number of rotatable bonds is 3. The van der Waals surface area contributed by atoms with E-state index in [2.05, 4.69) is 63.7 Å². The number of aliphatic hydroxyl groups excluding tert-OH is 1. The van der Waals surface area contributed by atoms with Gasteiger partial charge in [-0.05, 0) is 44.9 Å². The average Bonchev–Trinajstić information content (AvgIpc) is 2.95. The van der Waals surface area contributed by atoms with Crippen molar-refractivity contribution >= 4 is 16.9 Å². The van der Waals surface area contributed by atoms with Gasteiger partial charge in [-0.2, -0.15) is 0 Å². The van der Waals surface area contributed by atoms with Gasteiger partial charge in [-0.15, -0.1) is 0 Å². The third-order valence-electron chi connectivity index (χ3n) is 4.93. The Morgan fingerprint density at radius 3 is 2.71 bits per heavy atom. The third kappa shape index (κ3) is 2.19. The van der Waals surface area contributed by atoms with E-state index in [1.54, 1.807) is 6.33 Å². The fourth-order valence-corrected chi connectivity index (χ4v) is 3.73. The van der Waals surface area contributed by atoms with E-state index in [1.165, 1.54) is 11.1 Å². The summed E-state index contributed by atoms with van der Waals surface area (Å²) >= 11 is 0. The minimum Gasteiger partial charge on any atom is -0.394 e. The number of aryl methyl sites for hydroxylation is 1. The molecule has 0 radical (unpaired) electrons. The number of nitrogens with zero attached hydrogens (tertiary/aromatic N) is 4. The van der Waals surface area contributed by atoms with Crippen molar-refractivity contribution in [2.24, 2.45) is 0 Å². The Morgan fingerprint density at radius 1 is 1.25 bits per heavy atom. The smallest absolute Gasteiger partial charge is 0.150 e. The highest BCUT2D eigenvalue weighted by Gasteiger charge is 2.31. The molecule has 0 saturated carbocycles. The van der Waals surface area contributed by atoms with Gasteiger partial charge in [-0.3, -0.25) is 0 Å². The molecule has 3 heterocycles. The largest absolute Gasteiger partial charge is 0.394 e. The highest BCUT2D eigenvalue weighted by atomic mass is 16.3. The molecule has 124 valence electrons. The van der Waals surface area contributed by atoms with Crippen LogP contribution in [0, 0.1) is 6.92 Å². The number of hydrogen-bond donors (Lipinski definition) is 1. The second kappa shape index (κ2) is 5.60. The Kier molecular flexibility index (Phi) is 3.53. The van der Waals surface area contributed by atoms with Crippen LogP contribution in [0.5, 0.6) is 0 Å². The van der Waals surface area contributed by atoms with Crippen LogP contribution in [0.2, 0.25) is 0 Å². The molecule has 0 saturated heterocycles. The summed E-state index contributed by atoms with van der Waals surface area (Å²) in [5.74, 6) is 0.932. The van der Waals surface area contributed by atoms with E-state index in [4.69, 9.17) is 0 Å². The molecule has 0 bridgehead atoms. The lowest BCUT2D eigenvalue weighted by Gasteiger charge is -2.38. The van der Waals surface area contributed by atoms with Gasteiger partial charge in [0, 0.05) is 17.9 Å². The van der Waals surface area contributed by atoms with Crippen molar-refractivity contribution in [2.45, 2.75) is 39.3 Å². The molecule has 0 fully saturated rings. The minimum absolute atomic E-state index is 0.0361. The molecular formula is C19H22N4O. The molecule has 0 amide bonds. The molecule has 1 N–H and O–H groups in total. The second-order valence-electron chi connectivity index (χ2n) is 6.75. The molecule has 1 aliphatic heterocycles. The topological polar surface area (TPSA) is 54.2 Å². The molecule has 3 aromatic rings. The fraction of sp³-hybridized carbons (Fsp3) is 0.368. The van der Waals surface area contributed by atoms with Crippen molar-refractivity contribution in [3.8, 4) is 5.69 Å². The highest BCUT2D eigenvalue weighted by molar-refractivity contribution is 5.94. The molecular weight excluding hydrogens is 300 g/mol. The van der Waals surface area contributed by atoms with E-state index in [0.717, 1.165) is 29.0 Å². The van der Waals surface area contributed by atoms with E-state index < -0.39 is 0 Å². The zero-order chi connectivity index (χ0) is 16.8. The van der Waals surface area contributed by atoms with Crippen LogP contribution < -0.4 is 4.90 Å². The molecule has 0 aliphatic carbocycles. The lowest BCUT2D eigenvalue weighted by atomic mass is 9.99. The van der Waals surface area contributed by atoms with Crippen LogP contribution in [0.1, 0.15) is 25.0 Å². The molecule has 4 rings (SSSR count). The Labute approximate surface area is 141 Å². The molecule has 5 nitrogen and oxygen atoms in total. The molecule has 1 aromatic carbocycles. The predicted molar refractivity (Wildman–Crippen MR) is 95.8 cm³/mol. The van der Waals surface area contributed by atoms with Crippen molar-refractivity contribution in [2.75, 3.05) is 11.5 Å². The lowest BCUT2D eigenvalue weighted by molar-refractivity contribution is 0.260. The van der Waals surface area contributed by atoms with E-state index in [0.29, 0.717) is 6.04 Å². The number of benzene rings is 1. The summed E-state index contributed by atoms with van der Waals surface area (Å²) in [6, 6.07) is 8.81. The number of aliphatic hydroxyl groups is 1. The maximum Gasteiger partial charge on any atom is 0.150 e. The zero-order valence-corrected chi connectivity index (χ0v) is 14.3. The van der Waals surface area contributed by atoms with Crippen molar-refractivity contribution in [1.82, 2.24) is 14.5 Å². The Balaban J connectivity index is 1.93. The lowest BCUT2D eigenvalue weighted by Crippen LogP contribution is -2.45. The van der Waals surface area contributed by atoms with Gasteiger partial charge in [-0.25, -0.2) is 9.97 Å². The quantitative estimate of drug-likeness (QED) is 0.805. The summed E-state index contributed by atoms with van der Waals surface area (Å²) in [6.45, 7) is 6.43. The van der Waals surface area contributed by atoms with Crippen molar-refractivity contribution in [3.05, 3.63) is 47.9 Å².